The van der Waals surface area contributed by atoms with Gasteiger partial charge in [-0.05, 0) is 117 Å². The van der Waals surface area contributed by atoms with Gasteiger partial charge in [-0.3, -0.25) is 4.79 Å². The molecule has 7 rings (SSSR count). The molecule has 5 aliphatic rings. The van der Waals surface area contributed by atoms with Crippen LogP contribution in [0.4, 0.5) is 5.69 Å². The van der Waals surface area contributed by atoms with E-state index in [1.807, 2.05) is 36.4 Å². The molecule has 0 amide bonds. The van der Waals surface area contributed by atoms with E-state index in [0.717, 1.165) is 41.2 Å². The highest BCUT2D eigenvalue weighted by molar-refractivity contribution is 5.98. The monoisotopic (exact) mass is 456 g/mol. The summed E-state index contributed by atoms with van der Waals surface area (Å²) in [6.45, 7) is 3.94. The third-order valence-electron chi connectivity index (χ3n) is 9.64. The van der Waals surface area contributed by atoms with Crippen molar-refractivity contribution in [1.82, 2.24) is 4.90 Å². The Balaban J connectivity index is 0.993. The number of hydrogen-bond acceptors (Lipinski definition) is 3. The SMILES string of the molecule is Nc1ccccc1CC(=O)c1ccc(CC2CCN(CC34CC5CC(CC(C5)C3)C4)CC2)cc1. The molecule has 1 heterocycles. The number of carbonyl (C=O) groups excluding carboxylic acids is 1. The van der Waals surface area contributed by atoms with E-state index >= 15 is 0 Å². The highest BCUT2D eigenvalue weighted by atomic mass is 16.1. The van der Waals surface area contributed by atoms with Crippen molar-refractivity contribution in [2.75, 3.05) is 25.4 Å². The molecule has 4 saturated carbocycles. The van der Waals surface area contributed by atoms with E-state index in [4.69, 9.17) is 5.73 Å². The van der Waals surface area contributed by atoms with Crippen LogP contribution in [0.3, 0.4) is 0 Å². The number of para-hydroxylation sites is 1. The number of nitrogen functional groups attached to an aromatic ring is 1. The van der Waals surface area contributed by atoms with Crippen LogP contribution in [-0.4, -0.2) is 30.3 Å². The molecule has 34 heavy (non-hydrogen) atoms. The van der Waals surface area contributed by atoms with E-state index in [1.165, 1.54) is 57.3 Å². The van der Waals surface area contributed by atoms with Crippen LogP contribution in [0.5, 0.6) is 0 Å². The second kappa shape index (κ2) is 9.15. The Morgan fingerprint density at radius 1 is 0.882 bits per heavy atom. The van der Waals surface area contributed by atoms with Crippen LogP contribution < -0.4 is 5.73 Å². The van der Waals surface area contributed by atoms with E-state index in [0.29, 0.717) is 17.5 Å². The van der Waals surface area contributed by atoms with E-state index < -0.39 is 0 Å². The van der Waals surface area contributed by atoms with Crippen molar-refractivity contribution < 1.29 is 4.79 Å². The van der Waals surface area contributed by atoms with Gasteiger partial charge in [0.2, 0.25) is 0 Å². The largest absolute Gasteiger partial charge is 0.398 e. The third kappa shape index (κ3) is 4.69. The number of ketones is 1. The molecule has 3 nitrogen and oxygen atoms in total. The first-order valence-corrected chi connectivity index (χ1v) is 13.7. The lowest BCUT2D eigenvalue weighted by molar-refractivity contribution is -0.0723. The van der Waals surface area contributed by atoms with Gasteiger partial charge < -0.3 is 10.6 Å². The first-order valence-electron chi connectivity index (χ1n) is 13.7. The first kappa shape index (κ1) is 22.3. The van der Waals surface area contributed by atoms with Crippen molar-refractivity contribution in [3.63, 3.8) is 0 Å². The summed E-state index contributed by atoms with van der Waals surface area (Å²) in [6, 6.07) is 16.0. The van der Waals surface area contributed by atoms with Crippen molar-refractivity contribution >= 4 is 11.5 Å². The zero-order valence-corrected chi connectivity index (χ0v) is 20.6. The van der Waals surface area contributed by atoms with Crippen molar-refractivity contribution in [3.05, 3.63) is 65.2 Å². The minimum absolute atomic E-state index is 0.141. The molecule has 4 bridgehead atoms. The number of anilines is 1. The number of rotatable bonds is 7. The summed E-state index contributed by atoms with van der Waals surface area (Å²) in [6.07, 6.45) is 13.4. The molecule has 0 spiro atoms. The standard InChI is InChI=1S/C31H40N2O/c32-29-4-2-1-3-28(29)17-30(34)27-7-5-22(6-8-27)13-23-9-11-33(12-10-23)21-31-18-24-14-25(19-31)16-26(15-24)20-31/h1-8,23-26H,9-21,32H2. The van der Waals surface area contributed by atoms with Gasteiger partial charge in [-0.25, -0.2) is 0 Å². The van der Waals surface area contributed by atoms with Crippen LogP contribution in [-0.2, 0) is 12.8 Å². The summed E-state index contributed by atoms with van der Waals surface area (Å²) >= 11 is 0. The summed E-state index contributed by atoms with van der Waals surface area (Å²) in [5, 5.41) is 0. The second-order valence-corrected chi connectivity index (χ2v) is 12.3. The highest BCUT2D eigenvalue weighted by Crippen LogP contribution is 2.60. The van der Waals surface area contributed by atoms with E-state index in [1.54, 1.807) is 19.3 Å². The third-order valence-corrected chi connectivity index (χ3v) is 9.64. The van der Waals surface area contributed by atoms with Gasteiger partial charge in [-0.2, -0.15) is 0 Å². The fourth-order valence-corrected chi connectivity index (χ4v) is 8.44. The number of piperidine rings is 1. The molecule has 2 aromatic rings. The second-order valence-electron chi connectivity index (χ2n) is 12.3. The maximum atomic E-state index is 12.7. The van der Waals surface area contributed by atoms with Crippen molar-refractivity contribution in [2.24, 2.45) is 29.1 Å². The number of Topliss-reactive ketones (excluding diaryl/α,β-unsaturated/α-hetero) is 1. The molecule has 5 fully saturated rings. The Labute approximate surface area is 205 Å². The molecule has 2 aromatic carbocycles. The van der Waals surface area contributed by atoms with Crippen LogP contribution in [0, 0.1) is 29.1 Å². The summed E-state index contributed by atoms with van der Waals surface area (Å²) in [5.74, 6) is 4.09. The lowest BCUT2D eigenvalue weighted by atomic mass is 9.49. The van der Waals surface area contributed by atoms with Crippen LogP contribution in [0.15, 0.2) is 48.5 Å². The maximum absolute atomic E-state index is 12.7. The molecule has 4 aliphatic carbocycles. The van der Waals surface area contributed by atoms with Crippen LogP contribution in [0.1, 0.15) is 72.9 Å². The van der Waals surface area contributed by atoms with Crippen molar-refractivity contribution in [1.29, 1.82) is 0 Å². The zero-order valence-electron chi connectivity index (χ0n) is 20.6. The van der Waals surface area contributed by atoms with E-state index in [-0.39, 0.29) is 5.78 Å². The van der Waals surface area contributed by atoms with Crippen molar-refractivity contribution in [3.8, 4) is 0 Å². The van der Waals surface area contributed by atoms with E-state index in [9.17, 15) is 4.79 Å². The Morgan fingerprint density at radius 2 is 1.50 bits per heavy atom. The molecule has 0 atom stereocenters. The average molecular weight is 457 g/mol. The number of benzene rings is 2. The molecule has 2 N–H and O–H groups in total. The number of likely N-dealkylation sites (tertiary alicyclic amines) is 1. The van der Waals surface area contributed by atoms with Gasteiger partial charge in [0.1, 0.15) is 0 Å². The summed E-state index contributed by atoms with van der Waals surface area (Å²) in [5.41, 5.74) is 10.5. The Bertz CT molecular complexity index is 983. The Morgan fingerprint density at radius 3 is 2.12 bits per heavy atom. The lowest BCUT2D eigenvalue weighted by Gasteiger charge is -2.58. The highest BCUT2D eigenvalue weighted by Gasteiger charge is 2.51. The first-order chi connectivity index (χ1) is 16.5. The summed E-state index contributed by atoms with van der Waals surface area (Å²) in [7, 11) is 0. The normalized spacial score (nSPS) is 31.1. The molecule has 0 aromatic heterocycles. The number of hydrogen-bond donors (Lipinski definition) is 1. The predicted octanol–water partition coefficient (Wildman–Crippen LogP) is 6.17. The minimum Gasteiger partial charge on any atom is -0.398 e. The average Bonchev–Trinajstić information content (AvgIpc) is 2.81. The molecule has 0 radical (unpaired) electrons. The fourth-order valence-electron chi connectivity index (χ4n) is 8.44. The molecule has 1 saturated heterocycles. The van der Waals surface area contributed by atoms with Gasteiger partial charge in [0.05, 0.1) is 0 Å². The van der Waals surface area contributed by atoms with Crippen molar-refractivity contribution in [2.45, 2.75) is 64.2 Å². The summed E-state index contributed by atoms with van der Waals surface area (Å²) < 4.78 is 0. The van der Waals surface area contributed by atoms with Crippen LogP contribution in [0.25, 0.3) is 0 Å². The summed E-state index contributed by atoms with van der Waals surface area (Å²) in [4.78, 5) is 15.5. The molecular weight excluding hydrogens is 416 g/mol. The van der Waals surface area contributed by atoms with Gasteiger partial charge in [0.15, 0.2) is 5.78 Å². The van der Waals surface area contributed by atoms with Gasteiger partial charge in [0, 0.05) is 24.2 Å². The topological polar surface area (TPSA) is 46.3 Å². The number of carbonyl (C=O) groups is 1. The van der Waals surface area contributed by atoms with Gasteiger partial charge in [-0.1, -0.05) is 42.5 Å². The van der Waals surface area contributed by atoms with Gasteiger partial charge in [0.25, 0.3) is 0 Å². The number of nitrogens with two attached hydrogens (primary N) is 1. The lowest BCUT2D eigenvalue weighted by Crippen LogP contribution is -2.52. The zero-order chi connectivity index (χ0) is 23.1. The van der Waals surface area contributed by atoms with Crippen LogP contribution >= 0.6 is 0 Å². The van der Waals surface area contributed by atoms with Gasteiger partial charge in [-0.15, -0.1) is 0 Å². The number of nitrogens with zero attached hydrogens (tertiary/aromatic N) is 1. The predicted molar refractivity (Wildman–Crippen MR) is 139 cm³/mol. The smallest absolute Gasteiger partial charge is 0.167 e. The minimum atomic E-state index is 0.141. The van der Waals surface area contributed by atoms with Crippen LogP contribution in [0.2, 0.25) is 0 Å². The maximum Gasteiger partial charge on any atom is 0.167 e. The molecule has 0 unspecified atom stereocenters. The Kier molecular flexibility index (Phi) is 6.01. The molecule has 3 heteroatoms. The quantitative estimate of drug-likeness (QED) is 0.401. The molecular formula is C31H40N2O. The van der Waals surface area contributed by atoms with Gasteiger partial charge >= 0.3 is 0 Å². The molecule has 1 aliphatic heterocycles. The van der Waals surface area contributed by atoms with E-state index in [2.05, 4.69) is 17.0 Å². The fraction of sp³-hybridized carbons (Fsp3) is 0.581. The Hall–Kier alpha value is -2.13. The molecule has 180 valence electrons.